The molecule has 0 aromatic heterocycles. The highest BCUT2D eigenvalue weighted by Crippen LogP contribution is 2.30. The first-order valence-corrected chi connectivity index (χ1v) is 9.51. The van der Waals surface area contributed by atoms with Gasteiger partial charge in [-0.3, -0.25) is 9.80 Å². The van der Waals surface area contributed by atoms with E-state index >= 15 is 0 Å². The average molecular weight is 282 g/mol. The lowest BCUT2D eigenvalue weighted by Crippen LogP contribution is -2.60. The van der Waals surface area contributed by atoms with Crippen molar-refractivity contribution in [3.8, 4) is 0 Å². The van der Waals surface area contributed by atoms with Crippen molar-refractivity contribution < 1.29 is 0 Å². The van der Waals surface area contributed by atoms with Crippen LogP contribution in [0.15, 0.2) is 0 Å². The molecule has 3 aliphatic rings. The summed E-state index contributed by atoms with van der Waals surface area (Å²) >= 11 is 2.24. The van der Waals surface area contributed by atoms with E-state index in [1.54, 1.807) is 0 Å². The SMILES string of the molecule is CCC1CN2CCCCC2CN1CC1CCCCS1. The summed E-state index contributed by atoms with van der Waals surface area (Å²) in [5.74, 6) is 1.41. The Morgan fingerprint density at radius 3 is 2.74 bits per heavy atom. The molecule has 3 heterocycles. The highest BCUT2D eigenvalue weighted by molar-refractivity contribution is 7.99. The summed E-state index contributed by atoms with van der Waals surface area (Å²) in [5.41, 5.74) is 0. The smallest absolute Gasteiger partial charge is 0.0223 e. The van der Waals surface area contributed by atoms with Gasteiger partial charge >= 0.3 is 0 Å². The zero-order valence-electron chi connectivity index (χ0n) is 12.5. The fourth-order valence-electron chi connectivity index (χ4n) is 4.14. The lowest BCUT2D eigenvalue weighted by Gasteiger charge is -2.49. The molecule has 3 unspecified atom stereocenters. The van der Waals surface area contributed by atoms with E-state index in [1.165, 1.54) is 76.9 Å². The summed E-state index contributed by atoms with van der Waals surface area (Å²) in [5, 5.41) is 0.929. The molecule has 110 valence electrons. The van der Waals surface area contributed by atoms with Gasteiger partial charge in [0.2, 0.25) is 0 Å². The van der Waals surface area contributed by atoms with Gasteiger partial charge in [-0.1, -0.05) is 19.8 Å². The van der Waals surface area contributed by atoms with Crippen LogP contribution in [-0.2, 0) is 0 Å². The van der Waals surface area contributed by atoms with Crippen molar-refractivity contribution in [2.75, 3.05) is 31.9 Å². The van der Waals surface area contributed by atoms with Gasteiger partial charge in [-0.25, -0.2) is 0 Å². The van der Waals surface area contributed by atoms with Crippen LogP contribution in [0.3, 0.4) is 0 Å². The van der Waals surface area contributed by atoms with E-state index in [0.29, 0.717) is 0 Å². The Bertz CT molecular complexity index is 276. The summed E-state index contributed by atoms with van der Waals surface area (Å²) in [6.45, 7) is 7.82. The first-order chi connectivity index (χ1) is 9.36. The molecule has 0 bridgehead atoms. The minimum Gasteiger partial charge on any atom is -0.298 e. The molecule has 0 aromatic carbocycles. The van der Waals surface area contributed by atoms with Crippen LogP contribution in [0.4, 0.5) is 0 Å². The Kier molecular flexibility index (Phi) is 5.10. The molecule has 3 heteroatoms. The zero-order chi connectivity index (χ0) is 13.1. The lowest BCUT2D eigenvalue weighted by atomic mass is 9.95. The third kappa shape index (κ3) is 3.48. The maximum Gasteiger partial charge on any atom is 0.0223 e. The molecule has 0 amide bonds. The number of fused-ring (bicyclic) bond motifs is 1. The Morgan fingerprint density at radius 1 is 1.05 bits per heavy atom. The molecule has 3 saturated heterocycles. The molecule has 0 aromatic rings. The number of rotatable bonds is 3. The summed E-state index contributed by atoms with van der Waals surface area (Å²) in [6, 6.07) is 1.71. The van der Waals surface area contributed by atoms with Gasteiger partial charge in [0.15, 0.2) is 0 Å². The van der Waals surface area contributed by atoms with Crippen molar-refractivity contribution in [1.29, 1.82) is 0 Å². The summed E-state index contributed by atoms with van der Waals surface area (Å²) in [7, 11) is 0. The van der Waals surface area contributed by atoms with Gasteiger partial charge in [0.1, 0.15) is 0 Å². The monoisotopic (exact) mass is 282 g/mol. The Balaban J connectivity index is 1.58. The maximum absolute atomic E-state index is 2.86. The molecule has 2 nitrogen and oxygen atoms in total. The zero-order valence-corrected chi connectivity index (χ0v) is 13.3. The van der Waals surface area contributed by atoms with E-state index in [-0.39, 0.29) is 0 Å². The van der Waals surface area contributed by atoms with Gasteiger partial charge in [-0.05, 0) is 44.4 Å². The Labute approximate surface area is 123 Å². The second-order valence-electron chi connectivity index (χ2n) is 6.65. The van der Waals surface area contributed by atoms with Crippen LogP contribution < -0.4 is 0 Å². The average Bonchev–Trinajstić information content (AvgIpc) is 2.47. The number of piperazine rings is 1. The molecular weight excluding hydrogens is 252 g/mol. The molecule has 0 radical (unpaired) electrons. The standard InChI is InChI=1S/C16H30N2S/c1-2-14-11-17-9-5-3-7-15(17)12-18(14)13-16-8-4-6-10-19-16/h14-16H,2-13H2,1H3. The highest BCUT2D eigenvalue weighted by Gasteiger charge is 2.35. The van der Waals surface area contributed by atoms with E-state index < -0.39 is 0 Å². The van der Waals surface area contributed by atoms with Crippen molar-refractivity contribution in [2.24, 2.45) is 0 Å². The normalized spacial score (nSPS) is 38.1. The molecule has 0 aliphatic carbocycles. The largest absolute Gasteiger partial charge is 0.298 e. The molecule has 0 N–H and O–H groups in total. The second-order valence-corrected chi connectivity index (χ2v) is 8.06. The minimum absolute atomic E-state index is 0.830. The maximum atomic E-state index is 2.86. The first-order valence-electron chi connectivity index (χ1n) is 8.46. The lowest BCUT2D eigenvalue weighted by molar-refractivity contribution is 0.00758. The van der Waals surface area contributed by atoms with Crippen LogP contribution in [0.2, 0.25) is 0 Å². The van der Waals surface area contributed by atoms with Gasteiger partial charge in [-0.2, -0.15) is 11.8 Å². The molecule has 3 rings (SSSR count). The quantitative estimate of drug-likeness (QED) is 0.785. The third-order valence-electron chi connectivity index (χ3n) is 5.34. The van der Waals surface area contributed by atoms with Crippen molar-refractivity contribution in [1.82, 2.24) is 9.80 Å². The van der Waals surface area contributed by atoms with E-state index in [1.807, 2.05) is 0 Å². The summed E-state index contributed by atoms with van der Waals surface area (Å²) < 4.78 is 0. The van der Waals surface area contributed by atoms with Crippen LogP contribution >= 0.6 is 11.8 Å². The molecule has 19 heavy (non-hydrogen) atoms. The van der Waals surface area contributed by atoms with Gasteiger partial charge in [-0.15, -0.1) is 0 Å². The molecule has 0 saturated carbocycles. The Hall–Kier alpha value is 0.270. The third-order valence-corrected chi connectivity index (χ3v) is 6.72. The number of hydrogen-bond donors (Lipinski definition) is 0. The molecular formula is C16H30N2S. The van der Waals surface area contributed by atoms with E-state index in [0.717, 1.165) is 17.3 Å². The van der Waals surface area contributed by atoms with Crippen molar-refractivity contribution in [3.05, 3.63) is 0 Å². The topological polar surface area (TPSA) is 6.48 Å². The number of thioether (sulfide) groups is 1. The predicted molar refractivity (Wildman–Crippen MR) is 85.0 cm³/mol. The van der Waals surface area contributed by atoms with Crippen molar-refractivity contribution in [2.45, 2.75) is 69.2 Å². The van der Waals surface area contributed by atoms with Gasteiger partial charge in [0, 0.05) is 37.0 Å². The van der Waals surface area contributed by atoms with Crippen LogP contribution in [0.5, 0.6) is 0 Å². The van der Waals surface area contributed by atoms with Crippen molar-refractivity contribution >= 4 is 11.8 Å². The number of hydrogen-bond acceptors (Lipinski definition) is 3. The fourth-order valence-corrected chi connectivity index (χ4v) is 5.47. The fraction of sp³-hybridized carbons (Fsp3) is 1.00. The van der Waals surface area contributed by atoms with Gasteiger partial charge in [0.25, 0.3) is 0 Å². The van der Waals surface area contributed by atoms with E-state index in [4.69, 9.17) is 0 Å². The first kappa shape index (κ1) is 14.2. The summed E-state index contributed by atoms with van der Waals surface area (Å²) in [4.78, 5) is 5.65. The van der Waals surface area contributed by atoms with Gasteiger partial charge < -0.3 is 0 Å². The van der Waals surface area contributed by atoms with Crippen LogP contribution in [-0.4, -0.2) is 59.1 Å². The Morgan fingerprint density at radius 2 is 1.95 bits per heavy atom. The molecule has 0 spiro atoms. The second kappa shape index (κ2) is 6.82. The molecule has 3 fully saturated rings. The summed E-state index contributed by atoms with van der Waals surface area (Å²) in [6.07, 6.45) is 10.1. The van der Waals surface area contributed by atoms with Crippen LogP contribution in [0.1, 0.15) is 51.9 Å². The van der Waals surface area contributed by atoms with Crippen LogP contribution in [0.25, 0.3) is 0 Å². The highest BCUT2D eigenvalue weighted by atomic mass is 32.2. The minimum atomic E-state index is 0.830. The van der Waals surface area contributed by atoms with Gasteiger partial charge in [0.05, 0.1) is 0 Å². The predicted octanol–water partition coefficient (Wildman–Crippen LogP) is 3.22. The molecule has 3 atom stereocenters. The number of nitrogens with zero attached hydrogens (tertiary/aromatic N) is 2. The molecule has 3 aliphatic heterocycles. The van der Waals surface area contributed by atoms with Crippen LogP contribution in [0, 0.1) is 0 Å². The number of piperidine rings is 1. The van der Waals surface area contributed by atoms with E-state index in [2.05, 4.69) is 28.5 Å². The van der Waals surface area contributed by atoms with E-state index in [9.17, 15) is 0 Å². The van der Waals surface area contributed by atoms with Crippen molar-refractivity contribution in [3.63, 3.8) is 0 Å².